The van der Waals surface area contributed by atoms with Gasteiger partial charge in [-0.1, -0.05) is 41.9 Å². The van der Waals surface area contributed by atoms with E-state index in [1.807, 2.05) is 18.2 Å². The normalized spacial score (nSPS) is 19.5. The zero-order valence-corrected chi connectivity index (χ0v) is 11.2. The smallest absolute Gasteiger partial charge is 0.140 e. The van der Waals surface area contributed by atoms with E-state index in [9.17, 15) is 0 Å². The van der Waals surface area contributed by atoms with Gasteiger partial charge in [-0.3, -0.25) is 4.98 Å². The van der Waals surface area contributed by atoms with E-state index in [1.165, 1.54) is 5.56 Å². The summed E-state index contributed by atoms with van der Waals surface area (Å²) in [7, 11) is 0. The largest absolute Gasteiger partial charge is 0.482 e. The van der Waals surface area contributed by atoms with Gasteiger partial charge in [0, 0.05) is 18.3 Å². The second-order valence-corrected chi connectivity index (χ2v) is 5.07. The minimum atomic E-state index is -0.00443. The van der Waals surface area contributed by atoms with Crippen LogP contribution in [-0.4, -0.2) is 17.6 Å². The minimum absolute atomic E-state index is 0.00443. The summed E-state index contributed by atoms with van der Waals surface area (Å²) in [5.41, 5.74) is 1.17. The maximum atomic E-state index is 6.08. The fourth-order valence-corrected chi connectivity index (χ4v) is 2.36. The van der Waals surface area contributed by atoms with Crippen LogP contribution in [-0.2, 0) is 0 Å². The van der Waals surface area contributed by atoms with Crippen LogP contribution >= 0.6 is 11.6 Å². The van der Waals surface area contributed by atoms with E-state index in [4.69, 9.17) is 16.3 Å². The number of benzene rings is 1. The second kappa shape index (κ2) is 5.59. The molecule has 0 bridgehead atoms. The summed E-state index contributed by atoms with van der Waals surface area (Å²) in [6.45, 7) is 1.05. The molecule has 0 aliphatic carbocycles. The first-order valence-electron chi connectivity index (χ1n) is 6.38. The monoisotopic (exact) mass is 274 g/mol. The molecule has 3 rings (SSSR count). The minimum Gasteiger partial charge on any atom is -0.482 e. The quantitative estimate of drug-likeness (QED) is 0.930. The first-order chi connectivity index (χ1) is 9.33. The van der Waals surface area contributed by atoms with E-state index in [0.717, 1.165) is 13.0 Å². The number of ether oxygens (including phenoxy) is 1. The Morgan fingerprint density at radius 3 is 2.68 bits per heavy atom. The highest BCUT2D eigenvalue weighted by molar-refractivity contribution is 6.30. The molecule has 1 aromatic heterocycles. The molecule has 1 N–H and O–H groups in total. The highest BCUT2D eigenvalue weighted by Gasteiger charge is 2.29. The maximum Gasteiger partial charge on any atom is 0.140 e. The number of hydrogen-bond donors (Lipinski definition) is 1. The number of halogens is 1. The van der Waals surface area contributed by atoms with Crippen LogP contribution in [0.25, 0.3) is 0 Å². The lowest BCUT2D eigenvalue weighted by molar-refractivity contribution is 0.118. The van der Waals surface area contributed by atoms with Crippen molar-refractivity contribution in [3.05, 3.63) is 59.4 Å². The number of nitrogens with zero attached hydrogens (tertiary/aromatic N) is 1. The molecule has 4 heteroatoms. The summed E-state index contributed by atoms with van der Waals surface area (Å²) < 4.78 is 6.08. The van der Waals surface area contributed by atoms with Crippen molar-refractivity contribution in [1.29, 1.82) is 0 Å². The van der Waals surface area contributed by atoms with Gasteiger partial charge in [0.25, 0.3) is 0 Å². The number of hydrogen-bond acceptors (Lipinski definition) is 3. The average Bonchev–Trinajstić information content (AvgIpc) is 2.37. The highest BCUT2D eigenvalue weighted by Crippen LogP contribution is 2.29. The molecule has 0 saturated carbocycles. The van der Waals surface area contributed by atoms with Crippen molar-refractivity contribution in [2.24, 2.45) is 0 Å². The fraction of sp³-hybridized carbons (Fsp3) is 0.267. The van der Waals surface area contributed by atoms with Crippen molar-refractivity contribution >= 4 is 11.6 Å². The molecule has 0 amide bonds. The van der Waals surface area contributed by atoms with Crippen molar-refractivity contribution in [3.8, 4) is 5.75 Å². The lowest BCUT2D eigenvalue weighted by Gasteiger charge is -2.35. The molecule has 1 fully saturated rings. The van der Waals surface area contributed by atoms with E-state index in [-0.39, 0.29) is 6.10 Å². The molecule has 98 valence electrons. The molecular weight excluding hydrogens is 260 g/mol. The third kappa shape index (κ3) is 2.88. The molecule has 1 saturated heterocycles. The van der Waals surface area contributed by atoms with Crippen LogP contribution in [0.3, 0.4) is 0 Å². The number of nitrogens with one attached hydrogen (secondary N) is 1. The van der Waals surface area contributed by atoms with Crippen LogP contribution in [0.4, 0.5) is 0 Å². The lowest BCUT2D eigenvalue weighted by atomic mass is 9.95. The van der Waals surface area contributed by atoms with Crippen molar-refractivity contribution in [2.45, 2.75) is 18.6 Å². The number of rotatable bonds is 4. The van der Waals surface area contributed by atoms with Crippen LogP contribution in [0.2, 0.25) is 5.02 Å². The zero-order chi connectivity index (χ0) is 13.1. The van der Waals surface area contributed by atoms with Gasteiger partial charge in [0.2, 0.25) is 0 Å². The maximum absolute atomic E-state index is 6.08. The summed E-state index contributed by atoms with van der Waals surface area (Å²) in [5.74, 6) is 0.704. The Morgan fingerprint density at radius 1 is 1.26 bits per heavy atom. The number of aromatic nitrogens is 1. The molecule has 1 aliphatic heterocycles. The van der Waals surface area contributed by atoms with Gasteiger partial charge < -0.3 is 10.1 Å². The molecule has 1 unspecified atom stereocenters. The molecule has 2 atom stereocenters. The SMILES string of the molecule is Clc1cncc(O[C@@H](c2ccccc2)C2CCN2)c1. The van der Waals surface area contributed by atoms with E-state index < -0.39 is 0 Å². The number of pyridine rings is 1. The van der Waals surface area contributed by atoms with Crippen LogP contribution in [0.1, 0.15) is 18.1 Å². The van der Waals surface area contributed by atoms with Gasteiger partial charge in [0.15, 0.2) is 0 Å². The van der Waals surface area contributed by atoms with Crippen molar-refractivity contribution in [2.75, 3.05) is 6.54 Å². The molecule has 3 nitrogen and oxygen atoms in total. The molecule has 1 aliphatic rings. The van der Waals surface area contributed by atoms with Gasteiger partial charge >= 0.3 is 0 Å². The Bertz CT molecular complexity index is 543. The molecule has 2 heterocycles. The van der Waals surface area contributed by atoms with Crippen molar-refractivity contribution < 1.29 is 4.74 Å². The Balaban J connectivity index is 1.84. The molecule has 19 heavy (non-hydrogen) atoms. The summed E-state index contributed by atoms with van der Waals surface area (Å²) in [6, 6.07) is 12.4. The topological polar surface area (TPSA) is 34.1 Å². The van der Waals surface area contributed by atoms with Crippen molar-refractivity contribution in [1.82, 2.24) is 10.3 Å². The van der Waals surface area contributed by atoms with Gasteiger partial charge in [-0.2, -0.15) is 0 Å². The molecule has 1 aromatic carbocycles. The summed E-state index contributed by atoms with van der Waals surface area (Å²) in [4.78, 5) is 4.06. The molecule has 0 spiro atoms. The van der Waals surface area contributed by atoms with Crippen LogP contribution < -0.4 is 10.1 Å². The first-order valence-corrected chi connectivity index (χ1v) is 6.76. The average molecular weight is 275 g/mol. The first kappa shape index (κ1) is 12.5. The second-order valence-electron chi connectivity index (χ2n) is 4.64. The third-order valence-corrected chi connectivity index (χ3v) is 3.50. The lowest BCUT2D eigenvalue weighted by Crippen LogP contribution is -2.48. The standard InChI is InChI=1S/C15H15ClN2O/c16-12-8-13(10-17-9-12)19-15(14-6-7-18-14)11-4-2-1-3-5-11/h1-5,8-10,14-15,18H,6-7H2/t14?,15-/m0/s1. The summed E-state index contributed by atoms with van der Waals surface area (Å²) >= 11 is 5.94. The van der Waals surface area contributed by atoms with Crippen LogP contribution in [0, 0.1) is 0 Å². The van der Waals surface area contributed by atoms with E-state index in [2.05, 4.69) is 22.4 Å². The fourth-order valence-electron chi connectivity index (χ4n) is 2.20. The molecule has 0 radical (unpaired) electrons. The molecular formula is C15H15ClN2O. The van der Waals surface area contributed by atoms with E-state index >= 15 is 0 Å². The zero-order valence-electron chi connectivity index (χ0n) is 10.4. The van der Waals surface area contributed by atoms with E-state index in [0.29, 0.717) is 16.8 Å². The van der Waals surface area contributed by atoms with Gasteiger partial charge in [0.1, 0.15) is 11.9 Å². The van der Waals surface area contributed by atoms with Crippen LogP contribution in [0.5, 0.6) is 5.75 Å². The van der Waals surface area contributed by atoms with Gasteiger partial charge in [0.05, 0.1) is 11.2 Å². The van der Waals surface area contributed by atoms with Crippen LogP contribution in [0.15, 0.2) is 48.8 Å². The van der Waals surface area contributed by atoms with Gasteiger partial charge in [-0.05, 0) is 18.5 Å². The Labute approximate surface area is 117 Å². The van der Waals surface area contributed by atoms with Gasteiger partial charge in [-0.15, -0.1) is 0 Å². The molecule has 2 aromatic rings. The summed E-state index contributed by atoms with van der Waals surface area (Å²) in [6.07, 6.45) is 4.41. The highest BCUT2D eigenvalue weighted by atomic mass is 35.5. The predicted octanol–water partition coefficient (Wildman–Crippen LogP) is 3.22. The third-order valence-electron chi connectivity index (χ3n) is 3.30. The predicted molar refractivity (Wildman–Crippen MR) is 75.5 cm³/mol. The van der Waals surface area contributed by atoms with Gasteiger partial charge in [-0.25, -0.2) is 0 Å². The Morgan fingerprint density at radius 2 is 2.05 bits per heavy atom. The Hall–Kier alpha value is -1.58. The summed E-state index contributed by atoms with van der Waals surface area (Å²) in [5, 5.41) is 3.99. The Kier molecular flexibility index (Phi) is 3.67. The van der Waals surface area contributed by atoms with E-state index in [1.54, 1.807) is 18.5 Å². The van der Waals surface area contributed by atoms with Crippen molar-refractivity contribution in [3.63, 3.8) is 0 Å².